The fraction of sp³-hybridized carbons (Fsp3) is 0. The molecule has 0 atom stereocenters. The van der Waals surface area contributed by atoms with Crippen molar-refractivity contribution < 1.29 is 0 Å². The largest absolute Gasteiger partial charge is 0.306 e. The van der Waals surface area contributed by atoms with Gasteiger partial charge in [-0.15, -0.1) is 0 Å². The summed E-state index contributed by atoms with van der Waals surface area (Å²) in [5, 5.41) is 5.27. The molecule has 0 saturated carbocycles. The number of hydrogen-bond acceptors (Lipinski definition) is 3. The van der Waals surface area contributed by atoms with Gasteiger partial charge < -0.3 is 13.7 Å². The molecule has 40 heavy (non-hydrogen) atoms. The number of aromatic nitrogens is 6. The molecule has 0 fully saturated rings. The number of imidazole rings is 3. The van der Waals surface area contributed by atoms with Gasteiger partial charge in [0.05, 0.1) is 19.0 Å². The van der Waals surface area contributed by atoms with Gasteiger partial charge in [0.15, 0.2) is 8.07 Å². The van der Waals surface area contributed by atoms with E-state index in [1.807, 2.05) is 51.3 Å². The molecule has 7 heteroatoms. The predicted octanol–water partition coefficient (Wildman–Crippen LogP) is 3.62. The monoisotopic (exact) mass is 534 g/mol. The van der Waals surface area contributed by atoms with Crippen LogP contribution >= 0.6 is 0 Å². The van der Waals surface area contributed by atoms with Crippen molar-refractivity contribution in [1.29, 1.82) is 0 Å². The van der Waals surface area contributed by atoms with Gasteiger partial charge in [-0.05, 0) is 57.1 Å². The molecule has 0 aliphatic heterocycles. The summed E-state index contributed by atoms with van der Waals surface area (Å²) >= 11 is 0. The zero-order chi connectivity index (χ0) is 26.8. The Hall–Kier alpha value is -5.27. The summed E-state index contributed by atoms with van der Waals surface area (Å²) < 4.78 is 6.11. The minimum absolute atomic E-state index is 1.09. The number of benzene rings is 4. The summed E-state index contributed by atoms with van der Waals surface area (Å²) in [6.45, 7) is 0. The van der Waals surface area contributed by atoms with Crippen molar-refractivity contribution in [2.24, 2.45) is 0 Å². The van der Waals surface area contributed by atoms with Gasteiger partial charge in [-0.1, -0.05) is 66.7 Å². The van der Waals surface area contributed by atoms with Crippen LogP contribution in [0.2, 0.25) is 0 Å². The summed E-state index contributed by atoms with van der Waals surface area (Å²) in [6.07, 6.45) is 16.8. The Morgan fingerprint density at radius 2 is 0.700 bits per heavy atom. The van der Waals surface area contributed by atoms with Crippen LogP contribution in [0.3, 0.4) is 0 Å². The first-order valence-electron chi connectivity index (χ1n) is 13.1. The first-order valence-corrected chi connectivity index (χ1v) is 15.1. The molecule has 0 aliphatic rings. The van der Waals surface area contributed by atoms with E-state index in [-0.39, 0.29) is 0 Å². The predicted molar refractivity (Wildman–Crippen MR) is 161 cm³/mol. The number of hydrogen-bond donors (Lipinski definition) is 0. The van der Waals surface area contributed by atoms with E-state index >= 15 is 0 Å². The van der Waals surface area contributed by atoms with Crippen LogP contribution in [0.15, 0.2) is 159 Å². The third-order valence-corrected chi connectivity index (χ3v) is 12.3. The summed E-state index contributed by atoms with van der Waals surface area (Å²) in [7, 11) is -2.70. The second-order valence-corrected chi connectivity index (χ2v) is 13.5. The number of nitrogens with zero attached hydrogens (tertiary/aromatic N) is 6. The van der Waals surface area contributed by atoms with Gasteiger partial charge >= 0.3 is 0 Å². The maximum absolute atomic E-state index is 4.23. The first-order chi connectivity index (χ1) is 19.8. The minimum atomic E-state index is -2.70. The molecule has 6 nitrogen and oxygen atoms in total. The molecule has 0 aliphatic carbocycles. The summed E-state index contributed by atoms with van der Waals surface area (Å²) in [6, 6.07) is 37.9. The molecule has 7 aromatic rings. The van der Waals surface area contributed by atoms with Gasteiger partial charge in [-0.3, -0.25) is 0 Å². The fourth-order valence-corrected chi connectivity index (χ4v) is 10.3. The highest BCUT2D eigenvalue weighted by atomic mass is 28.3. The Balaban J connectivity index is 1.45. The number of rotatable bonds is 7. The molecule has 0 saturated heterocycles. The normalized spacial score (nSPS) is 11.5. The lowest BCUT2D eigenvalue weighted by atomic mass is 10.3. The fourth-order valence-electron chi connectivity index (χ4n) is 5.57. The molecule has 0 spiro atoms. The highest BCUT2D eigenvalue weighted by molar-refractivity contribution is 7.19. The Morgan fingerprint density at radius 3 is 1.00 bits per heavy atom. The highest BCUT2D eigenvalue weighted by Crippen LogP contribution is 2.15. The Kier molecular flexibility index (Phi) is 6.03. The van der Waals surface area contributed by atoms with Crippen molar-refractivity contribution in [3.05, 3.63) is 159 Å². The third kappa shape index (κ3) is 4.09. The molecular weight excluding hydrogens is 508 g/mol. The molecule has 7 rings (SSSR count). The van der Waals surface area contributed by atoms with E-state index in [1.54, 1.807) is 18.6 Å². The lowest BCUT2D eigenvalue weighted by Gasteiger charge is -2.34. The van der Waals surface area contributed by atoms with Crippen LogP contribution in [-0.4, -0.2) is 36.7 Å². The maximum Gasteiger partial charge on any atom is 0.179 e. The smallest absolute Gasteiger partial charge is 0.179 e. The van der Waals surface area contributed by atoms with E-state index in [0.717, 1.165) is 17.1 Å². The van der Waals surface area contributed by atoms with Gasteiger partial charge in [-0.2, -0.15) is 0 Å². The molecule has 0 bridgehead atoms. The Morgan fingerprint density at radius 1 is 0.375 bits per heavy atom. The molecule has 4 aromatic carbocycles. The van der Waals surface area contributed by atoms with Crippen molar-refractivity contribution >= 4 is 28.8 Å². The zero-order valence-electron chi connectivity index (χ0n) is 21.7. The zero-order valence-corrected chi connectivity index (χ0v) is 22.7. The van der Waals surface area contributed by atoms with Gasteiger partial charge in [0.25, 0.3) is 0 Å². The van der Waals surface area contributed by atoms with Crippen LogP contribution in [0.1, 0.15) is 0 Å². The summed E-state index contributed by atoms with van der Waals surface area (Å²) in [5.74, 6) is 0. The summed E-state index contributed by atoms with van der Waals surface area (Å²) in [5.41, 5.74) is 3.26. The van der Waals surface area contributed by atoms with Crippen LogP contribution in [0, 0.1) is 0 Å². The SMILES string of the molecule is c1ccc([Si](c2ccc(-n3ccnc3)cc2)(c2ccc(-n3ccnc3)cc2)c2ccc(-n3ccnc3)cc2)cc1. The van der Waals surface area contributed by atoms with Crippen molar-refractivity contribution in [1.82, 2.24) is 28.7 Å². The van der Waals surface area contributed by atoms with Gasteiger partial charge in [-0.25, -0.2) is 15.0 Å². The van der Waals surface area contributed by atoms with Crippen LogP contribution in [0.25, 0.3) is 17.1 Å². The summed E-state index contributed by atoms with van der Waals surface area (Å²) in [4.78, 5) is 12.7. The quantitative estimate of drug-likeness (QED) is 0.232. The van der Waals surface area contributed by atoms with Gasteiger partial charge in [0.1, 0.15) is 0 Å². The average Bonchev–Trinajstić information content (AvgIpc) is 3.84. The second-order valence-electron chi connectivity index (χ2n) is 9.67. The van der Waals surface area contributed by atoms with Crippen LogP contribution in [0.4, 0.5) is 0 Å². The highest BCUT2D eigenvalue weighted by Gasteiger charge is 2.41. The van der Waals surface area contributed by atoms with E-state index < -0.39 is 8.07 Å². The van der Waals surface area contributed by atoms with E-state index in [2.05, 4.69) is 118 Å². The first kappa shape index (κ1) is 23.8. The lowest BCUT2D eigenvalue weighted by Crippen LogP contribution is -2.74. The second kappa shape index (κ2) is 10.1. The van der Waals surface area contributed by atoms with E-state index in [1.165, 1.54) is 20.7 Å². The van der Waals surface area contributed by atoms with Gasteiger partial charge in [0.2, 0.25) is 0 Å². The molecule has 3 heterocycles. The van der Waals surface area contributed by atoms with Crippen LogP contribution in [0.5, 0.6) is 0 Å². The van der Waals surface area contributed by atoms with Gasteiger partial charge in [0, 0.05) is 54.2 Å². The standard InChI is InChI=1S/C33H26N6Si/c1-2-4-30(5-3-1)40(31-12-6-27(7-13-31)37-21-18-34-24-37,32-14-8-28(9-15-32)38-22-19-35-25-38)33-16-10-29(11-17-33)39-23-20-36-26-39/h1-26H. The Labute approximate surface area is 233 Å². The van der Waals surface area contributed by atoms with E-state index in [0.29, 0.717) is 0 Å². The molecule has 0 N–H and O–H groups in total. The molecule has 0 radical (unpaired) electrons. The van der Waals surface area contributed by atoms with Crippen molar-refractivity contribution in [3.8, 4) is 17.1 Å². The topological polar surface area (TPSA) is 53.5 Å². The third-order valence-electron chi connectivity index (χ3n) is 7.52. The molecule has 0 amide bonds. The minimum Gasteiger partial charge on any atom is -0.306 e. The van der Waals surface area contributed by atoms with Crippen molar-refractivity contribution in [3.63, 3.8) is 0 Å². The molecule has 3 aromatic heterocycles. The van der Waals surface area contributed by atoms with Crippen LogP contribution in [-0.2, 0) is 0 Å². The van der Waals surface area contributed by atoms with Crippen molar-refractivity contribution in [2.45, 2.75) is 0 Å². The Bertz CT molecular complexity index is 1600. The average molecular weight is 535 g/mol. The lowest BCUT2D eigenvalue weighted by molar-refractivity contribution is 1.06. The van der Waals surface area contributed by atoms with E-state index in [9.17, 15) is 0 Å². The van der Waals surface area contributed by atoms with E-state index in [4.69, 9.17) is 0 Å². The van der Waals surface area contributed by atoms with Crippen molar-refractivity contribution in [2.75, 3.05) is 0 Å². The molecular formula is C33H26N6Si. The molecule has 192 valence electrons. The molecule has 0 unspecified atom stereocenters. The van der Waals surface area contributed by atoms with Crippen LogP contribution < -0.4 is 20.7 Å². The maximum atomic E-state index is 4.23.